The molecule has 0 atom stereocenters. The van der Waals surface area contributed by atoms with Gasteiger partial charge in [-0.15, -0.1) is 0 Å². The van der Waals surface area contributed by atoms with Crippen LogP contribution in [0.2, 0.25) is 0 Å². The summed E-state index contributed by atoms with van der Waals surface area (Å²) < 4.78 is 47.6. The Morgan fingerprint density at radius 3 is 2.52 bits per heavy atom. The van der Waals surface area contributed by atoms with Crippen LogP contribution < -0.4 is 4.74 Å². The molecule has 0 bridgehead atoms. The van der Waals surface area contributed by atoms with E-state index >= 15 is 0 Å². The van der Waals surface area contributed by atoms with Gasteiger partial charge in [0.15, 0.2) is 23.1 Å². The highest BCUT2D eigenvalue weighted by Gasteiger charge is 2.10. The van der Waals surface area contributed by atoms with Gasteiger partial charge in [0.2, 0.25) is 0 Å². The van der Waals surface area contributed by atoms with Gasteiger partial charge < -0.3 is 4.74 Å². The highest BCUT2D eigenvalue weighted by Crippen LogP contribution is 2.32. The van der Waals surface area contributed by atoms with E-state index in [1.807, 2.05) is 0 Å². The van der Waals surface area contributed by atoms with Crippen molar-refractivity contribution in [1.29, 1.82) is 0 Å². The summed E-state index contributed by atoms with van der Waals surface area (Å²) >= 11 is 3.24. The van der Waals surface area contributed by atoms with E-state index in [-0.39, 0.29) is 17.3 Å². The van der Waals surface area contributed by atoms with E-state index in [9.17, 15) is 13.0 Å². The zero-order valence-corrected chi connectivity index (χ0v) is 13.5. The first-order chi connectivity index (χ1) is 9.74. The number of nitrogens with zero attached hydrogens (tertiary/aromatic N) is 2. The molecule has 1 aromatic heterocycles. The normalized spacial score (nSPS) is 11.3. The summed E-state index contributed by atoms with van der Waals surface area (Å²) in [4.78, 5) is 3.97. The molecule has 0 radical (unpaired) electrons. The van der Waals surface area contributed by atoms with E-state index in [2.05, 4.69) is 25.3 Å². The quantitative estimate of drug-likeness (QED) is 0.803. The Morgan fingerprint density at radius 1 is 1.24 bits per heavy atom. The van der Waals surface area contributed by atoms with Crippen molar-refractivity contribution in [3.8, 4) is 11.5 Å². The smallest absolute Gasteiger partial charge is 0.168 e. The Labute approximate surface area is 129 Å². The van der Waals surface area contributed by atoms with Crippen LogP contribution >= 0.6 is 15.9 Å². The van der Waals surface area contributed by atoms with E-state index in [0.29, 0.717) is 4.47 Å². The molecule has 4 nitrogen and oxygen atoms in total. The van der Waals surface area contributed by atoms with Crippen molar-refractivity contribution in [2.45, 2.75) is 0 Å². The van der Waals surface area contributed by atoms with E-state index in [1.165, 1.54) is 30.8 Å². The second-order valence-corrected chi connectivity index (χ2v) is 7.82. The lowest BCUT2D eigenvalue weighted by Gasteiger charge is -2.08. The van der Waals surface area contributed by atoms with Crippen LogP contribution in [0.1, 0.15) is 0 Å². The van der Waals surface area contributed by atoms with Crippen LogP contribution in [0.15, 0.2) is 39.3 Å². The van der Waals surface area contributed by atoms with Gasteiger partial charge in [0.05, 0.1) is 10.7 Å². The maximum absolute atomic E-state index is 13.5. The Morgan fingerprint density at radius 2 is 1.95 bits per heavy atom. The lowest BCUT2D eigenvalue weighted by molar-refractivity contribution is 0.434. The van der Waals surface area contributed by atoms with Crippen molar-refractivity contribution in [2.24, 2.45) is 4.36 Å². The van der Waals surface area contributed by atoms with E-state index in [4.69, 9.17) is 4.74 Å². The maximum atomic E-state index is 13.5. The molecule has 0 saturated heterocycles. The molecule has 0 aliphatic carbocycles. The van der Waals surface area contributed by atoms with Crippen molar-refractivity contribution >= 4 is 31.5 Å². The Kier molecular flexibility index (Phi) is 4.58. The fourth-order valence-corrected chi connectivity index (χ4v) is 2.37. The Balaban J connectivity index is 2.32. The molecule has 0 aliphatic heterocycles. The number of rotatable bonds is 3. The Hall–Kier alpha value is -1.54. The van der Waals surface area contributed by atoms with Gasteiger partial charge >= 0.3 is 0 Å². The molecule has 0 spiro atoms. The predicted octanol–water partition coefficient (Wildman–Crippen LogP) is 4.27. The third kappa shape index (κ3) is 4.47. The van der Waals surface area contributed by atoms with Crippen LogP contribution in [0, 0.1) is 11.6 Å². The number of pyridine rings is 1. The molecule has 0 saturated carbocycles. The molecular weight excluding hydrogens is 366 g/mol. The standard InChI is InChI=1S/C13H11BrF2N2O2S/c1-21(2,19)18-13-6-9(14)12(7-17-13)20-11-4-3-8(15)5-10(11)16/h3-7H,1-2H3. The fraction of sp³-hybridized carbons (Fsp3) is 0.154. The topological polar surface area (TPSA) is 51.5 Å². The van der Waals surface area contributed by atoms with Crippen LogP contribution in [0.4, 0.5) is 14.6 Å². The highest BCUT2D eigenvalue weighted by molar-refractivity contribution is 9.10. The van der Waals surface area contributed by atoms with Crippen LogP contribution in [-0.4, -0.2) is 21.7 Å². The van der Waals surface area contributed by atoms with E-state index in [0.717, 1.165) is 12.1 Å². The number of aromatic nitrogens is 1. The highest BCUT2D eigenvalue weighted by atomic mass is 79.9. The van der Waals surface area contributed by atoms with Crippen molar-refractivity contribution < 1.29 is 17.7 Å². The van der Waals surface area contributed by atoms with Crippen molar-refractivity contribution in [2.75, 3.05) is 12.5 Å². The maximum Gasteiger partial charge on any atom is 0.168 e. The molecule has 1 heterocycles. The van der Waals surface area contributed by atoms with Crippen molar-refractivity contribution in [3.63, 3.8) is 0 Å². The minimum atomic E-state index is -2.33. The molecule has 1 aromatic carbocycles. The minimum Gasteiger partial charge on any atom is -0.451 e. The first-order valence-corrected chi connectivity index (χ1v) is 8.82. The summed E-state index contributed by atoms with van der Waals surface area (Å²) in [6, 6.07) is 4.50. The summed E-state index contributed by atoms with van der Waals surface area (Å²) in [6.45, 7) is 0. The molecule has 0 amide bonds. The summed E-state index contributed by atoms with van der Waals surface area (Å²) in [5.74, 6) is -1.13. The molecular formula is C13H11BrF2N2O2S. The fourth-order valence-electron chi connectivity index (χ4n) is 1.43. The molecule has 8 heteroatoms. The van der Waals surface area contributed by atoms with Crippen LogP contribution in [0.3, 0.4) is 0 Å². The summed E-state index contributed by atoms with van der Waals surface area (Å²) in [6.07, 6.45) is 4.29. The molecule has 2 rings (SSSR count). The minimum absolute atomic E-state index is 0.127. The van der Waals surface area contributed by atoms with Crippen LogP contribution in [-0.2, 0) is 9.73 Å². The predicted molar refractivity (Wildman–Crippen MR) is 80.4 cm³/mol. The average molecular weight is 377 g/mol. The first-order valence-electron chi connectivity index (χ1n) is 5.70. The summed E-state index contributed by atoms with van der Waals surface area (Å²) in [5.41, 5.74) is 0. The molecule has 0 fully saturated rings. The Bertz CT molecular complexity index is 797. The van der Waals surface area contributed by atoms with E-state index < -0.39 is 21.4 Å². The third-order valence-corrected chi connectivity index (χ3v) is 3.48. The molecule has 0 N–H and O–H groups in total. The number of benzene rings is 1. The molecule has 0 unspecified atom stereocenters. The van der Waals surface area contributed by atoms with Crippen LogP contribution in [0.5, 0.6) is 11.5 Å². The number of ether oxygens (including phenoxy) is 1. The van der Waals surface area contributed by atoms with Gasteiger partial charge in [0.1, 0.15) is 5.82 Å². The third-order valence-electron chi connectivity index (χ3n) is 2.23. The van der Waals surface area contributed by atoms with Gasteiger partial charge in [-0.25, -0.2) is 18.0 Å². The van der Waals surface area contributed by atoms with Crippen LogP contribution in [0.25, 0.3) is 0 Å². The number of hydrogen-bond acceptors (Lipinski definition) is 4. The van der Waals surface area contributed by atoms with Gasteiger partial charge in [0, 0.05) is 34.4 Å². The SMILES string of the molecule is CS(C)(=O)=Nc1cc(Br)c(Oc2ccc(F)cc2F)cn1. The van der Waals surface area contributed by atoms with Gasteiger partial charge in [-0.05, 0) is 28.1 Å². The molecule has 0 aliphatic rings. The van der Waals surface area contributed by atoms with Gasteiger partial charge in [-0.1, -0.05) is 0 Å². The lowest BCUT2D eigenvalue weighted by Crippen LogP contribution is -1.93. The zero-order valence-electron chi connectivity index (χ0n) is 11.1. The second-order valence-electron chi connectivity index (χ2n) is 4.42. The number of hydrogen-bond donors (Lipinski definition) is 0. The largest absolute Gasteiger partial charge is 0.451 e. The van der Waals surface area contributed by atoms with Gasteiger partial charge in [-0.3, -0.25) is 0 Å². The van der Waals surface area contributed by atoms with Crippen molar-refractivity contribution in [3.05, 3.63) is 46.6 Å². The summed E-state index contributed by atoms with van der Waals surface area (Å²) in [5, 5.41) is 0. The van der Waals surface area contributed by atoms with Gasteiger partial charge in [0.25, 0.3) is 0 Å². The monoisotopic (exact) mass is 376 g/mol. The molecule has 2 aromatic rings. The molecule has 112 valence electrons. The van der Waals surface area contributed by atoms with E-state index in [1.54, 1.807) is 0 Å². The van der Waals surface area contributed by atoms with Crippen molar-refractivity contribution in [1.82, 2.24) is 4.98 Å². The molecule has 21 heavy (non-hydrogen) atoms. The number of halogens is 3. The first kappa shape index (κ1) is 15.8. The lowest BCUT2D eigenvalue weighted by atomic mass is 10.3. The zero-order chi connectivity index (χ0) is 15.6. The average Bonchev–Trinajstić information content (AvgIpc) is 2.33. The van der Waals surface area contributed by atoms with Gasteiger partial charge in [-0.2, -0.15) is 4.36 Å². The summed E-state index contributed by atoms with van der Waals surface area (Å²) in [7, 11) is -2.33. The second kappa shape index (κ2) is 6.07.